The van der Waals surface area contributed by atoms with Gasteiger partial charge in [-0.1, -0.05) is 0 Å². The molecule has 0 saturated heterocycles. The van der Waals surface area contributed by atoms with E-state index in [1.807, 2.05) is 0 Å². The van der Waals surface area contributed by atoms with Crippen LogP contribution in [-0.4, -0.2) is 25.7 Å². The van der Waals surface area contributed by atoms with Gasteiger partial charge in [0, 0.05) is 6.07 Å². The fraction of sp³-hybridized carbons (Fsp3) is 0.400. The zero-order valence-electron chi connectivity index (χ0n) is 9.63. The lowest BCUT2D eigenvalue weighted by molar-refractivity contribution is -0.385. The Balaban J connectivity index is 0.00000256. The molecule has 6 nitrogen and oxygen atoms in total. The molecular weight excluding hydrogens is 248 g/mol. The molecule has 0 aliphatic heterocycles. The van der Waals surface area contributed by atoms with Gasteiger partial charge in [0.1, 0.15) is 0 Å². The fourth-order valence-electron chi connectivity index (χ4n) is 1.45. The third-order valence-corrected chi connectivity index (χ3v) is 2.15. The summed E-state index contributed by atoms with van der Waals surface area (Å²) >= 11 is 0. The zero-order valence-corrected chi connectivity index (χ0v) is 10.5. The molecule has 1 rings (SSSR count). The number of hydrogen-bond donors (Lipinski definition) is 1. The third-order valence-electron chi connectivity index (χ3n) is 2.15. The minimum Gasteiger partial charge on any atom is -0.493 e. The first-order valence-corrected chi connectivity index (χ1v) is 4.73. The summed E-state index contributed by atoms with van der Waals surface area (Å²) in [5, 5.41) is 10.8. The average molecular weight is 263 g/mol. The Morgan fingerprint density at radius 3 is 2.41 bits per heavy atom. The van der Waals surface area contributed by atoms with E-state index in [1.165, 1.54) is 20.3 Å². The number of nitrogens with zero attached hydrogens (tertiary/aromatic N) is 1. The van der Waals surface area contributed by atoms with Gasteiger partial charge in [-0.2, -0.15) is 0 Å². The number of hydrogen-bond acceptors (Lipinski definition) is 5. The van der Waals surface area contributed by atoms with Crippen LogP contribution in [0.2, 0.25) is 0 Å². The van der Waals surface area contributed by atoms with Crippen LogP contribution >= 0.6 is 12.4 Å². The van der Waals surface area contributed by atoms with Crippen molar-refractivity contribution >= 4 is 18.1 Å². The van der Waals surface area contributed by atoms with Crippen molar-refractivity contribution in [1.29, 1.82) is 0 Å². The highest BCUT2D eigenvalue weighted by Crippen LogP contribution is 2.37. The minimum absolute atomic E-state index is 0. The van der Waals surface area contributed by atoms with Gasteiger partial charge in [-0.25, -0.2) is 0 Å². The molecule has 0 unspecified atom stereocenters. The van der Waals surface area contributed by atoms with Crippen LogP contribution in [0.5, 0.6) is 11.5 Å². The van der Waals surface area contributed by atoms with Crippen molar-refractivity contribution in [3.8, 4) is 11.5 Å². The van der Waals surface area contributed by atoms with Gasteiger partial charge >= 0.3 is 5.69 Å². The van der Waals surface area contributed by atoms with Crippen molar-refractivity contribution in [1.82, 2.24) is 0 Å². The summed E-state index contributed by atoms with van der Waals surface area (Å²) in [6.07, 6.45) is 0.557. The second-order valence-electron chi connectivity index (χ2n) is 3.15. The van der Waals surface area contributed by atoms with E-state index < -0.39 is 4.92 Å². The molecule has 0 radical (unpaired) electrons. The SMILES string of the molecule is COc1cc(CCN)cc([N+](=O)[O-])c1OC.Cl. The van der Waals surface area contributed by atoms with Gasteiger partial charge in [0.25, 0.3) is 0 Å². The highest BCUT2D eigenvalue weighted by molar-refractivity contribution is 5.85. The van der Waals surface area contributed by atoms with Gasteiger partial charge in [-0.05, 0) is 24.6 Å². The van der Waals surface area contributed by atoms with Crippen LogP contribution < -0.4 is 15.2 Å². The van der Waals surface area contributed by atoms with Crippen molar-refractivity contribution in [2.75, 3.05) is 20.8 Å². The standard InChI is InChI=1S/C10H14N2O4.ClH/c1-15-9-6-7(3-4-11)5-8(12(13)14)10(9)16-2;/h5-6H,3-4,11H2,1-2H3;1H. The van der Waals surface area contributed by atoms with E-state index in [4.69, 9.17) is 15.2 Å². The zero-order chi connectivity index (χ0) is 12.1. The number of nitrogens with two attached hydrogens (primary N) is 1. The number of nitro benzene ring substituents is 1. The average Bonchev–Trinajstić information content (AvgIpc) is 2.28. The molecule has 0 atom stereocenters. The Labute approximate surface area is 105 Å². The summed E-state index contributed by atoms with van der Waals surface area (Å²) in [6, 6.07) is 3.15. The van der Waals surface area contributed by atoms with E-state index in [0.29, 0.717) is 18.7 Å². The van der Waals surface area contributed by atoms with E-state index in [9.17, 15) is 10.1 Å². The molecule has 1 aromatic carbocycles. The molecule has 96 valence electrons. The maximum absolute atomic E-state index is 10.8. The number of nitro groups is 1. The van der Waals surface area contributed by atoms with Crippen molar-refractivity contribution in [3.63, 3.8) is 0 Å². The molecule has 2 N–H and O–H groups in total. The minimum atomic E-state index is -0.499. The van der Waals surface area contributed by atoms with Crippen molar-refractivity contribution < 1.29 is 14.4 Å². The van der Waals surface area contributed by atoms with Gasteiger partial charge in [-0.15, -0.1) is 12.4 Å². The number of benzene rings is 1. The Morgan fingerprint density at radius 2 is 2.00 bits per heavy atom. The van der Waals surface area contributed by atoms with Crippen LogP contribution in [-0.2, 0) is 6.42 Å². The Kier molecular flexibility index (Phi) is 6.30. The van der Waals surface area contributed by atoms with Crippen LogP contribution in [0.1, 0.15) is 5.56 Å². The Hall–Kier alpha value is -1.53. The van der Waals surface area contributed by atoms with Gasteiger partial charge in [-0.3, -0.25) is 10.1 Å². The first kappa shape index (κ1) is 15.5. The molecule has 0 aliphatic rings. The molecule has 0 aromatic heterocycles. The van der Waals surface area contributed by atoms with Crippen LogP contribution in [0, 0.1) is 10.1 Å². The molecule has 0 saturated carbocycles. The Bertz CT molecular complexity index is 398. The summed E-state index contributed by atoms with van der Waals surface area (Å²) in [7, 11) is 2.81. The maximum Gasteiger partial charge on any atom is 0.315 e. The normalized spacial score (nSPS) is 9.35. The molecule has 7 heteroatoms. The Morgan fingerprint density at radius 1 is 1.35 bits per heavy atom. The van der Waals surface area contributed by atoms with E-state index in [2.05, 4.69) is 0 Å². The molecule has 0 bridgehead atoms. The topological polar surface area (TPSA) is 87.6 Å². The molecule has 0 aliphatic carbocycles. The van der Waals surface area contributed by atoms with Crippen LogP contribution in [0.4, 0.5) is 5.69 Å². The summed E-state index contributed by atoms with van der Waals surface area (Å²) in [5.41, 5.74) is 6.06. The summed E-state index contributed by atoms with van der Waals surface area (Å²) in [5.74, 6) is 0.480. The fourth-order valence-corrected chi connectivity index (χ4v) is 1.45. The smallest absolute Gasteiger partial charge is 0.315 e. The number of halogens is 1. The second kappa shape index (κ2) is 6.93. The van der Waals surface area contributed by atoms with E-state index in [1.54, 1.807) is 6.07 Å². The number of methoxy groups -OCH3 is 2. The van der Waals surface area contributed by atoms with Gasteiger partial charge in [0.05, 0.1) is 19.1 Å². The van der Waals surface area contributed by atoms with Gasteiger partial charge in [0.2, 0.25) is 5.75 Å². The van der Waals surface area contributed by atoms with Gasteiger partial charge < -0.3 is 15.2 Å². The van der Waals surface area contributed by atoms with Gasteiger partial charge in [0.15, 0.2) is 5.75 Å². The largest absolute Gasteiger partial charge is 0.493 e. The van der Waals surface area contributed by atoms with E-state index in [0.717, 1.165) is 5.56 Å². The lowest BCUT2D eigenvalue weighted by Gasteiger charge is -2.09. The maximum atomic E-state index is 10.8. The second-order valence-corrected chi connectivity index (χ2v) is 3.15. The van der Waals surface area contributed by atoms with E-state index in [-0.39, 0.29) is 23.8 Å². The number of ether oxygens (including phenoxy) is 2. The molecule has 0 heterocycles. The van der Waals surface area contributed by atoms with Crippen LogP contribution in [0.25, 0.3) is 0 Å². The molecular formula is C10H15ClN2O4. The van der Waals surface area contributed by atoms with Crippen molar-refractivity contribution in [2.45, 2.75) is 6.42 Å². The third kappa shape index (κ3) is 3.47. The van der Waals surface area contributed by atoms with Crippen LogP contribution in [0.3, 0.4) is 0 Å². The predicted molar refractivity (Wildman–Crippen MR) is 66.2 cm³/mol. The summed E-state index contributed by atoms with van der Waals surface area (Å²) in [4.78, 5) is 10.3. The lowest BCUT2D eigenvalue weighted by Crippen LogP contribution is -2.04. The number of rotatable bonds is 5. The first-order chi connectivity index (χ1) is 7.63. The quantitative estimate of drug-likeness (QED) is 0.642. The van der Waals surface area contributed by atoms with Crippen molar-refractivity contribution in [3.05, 3.63) is 27.8 Å². The van der Waals surface area contributed by atoms with Crippen molar-refractivity contribution in [2.24, 2.45) is 5.73 Å². The summed E-state index contributed by atoms with van der Waals surface area (Å²) in [6.45, 7) is 0.423. The monoisotopic (exact) mass is 262 g/mol. The predicted octanol–water partition coefficient (Wildman–Crippen LogP) is 1.53. The molecule has 1 aromatic rings. The molecule has 0 fully saturated rings. The highest BCUT2D eigenvalue weighted by Gasteiger charge is 2.21. The first-order valence-electron chi connectivity index (χ1n) is 4.73. The van der Waals surface area contributed by atoms with E-state index >= 15 is 0 Å². The highest BCUT2D eigenvalue weighted by atomic mass is 35.5. The molecule has 17 heavy (non-hydrogen) atoms. The lowest BCUT2D eigenvalue weighted by atomic mass is 10.1. The summed E-state index contributed by atoms with van der Waals surface area (Å²) < 4.78 is 10.0. The molecule has 0 spiro atoms. The van der Waals surface area contributed by atoms with Crippen LogP contribution in [0.15, 0.2) is 12.1 Å². The molecule has 0 amide bonds.